The van der Waals surface area contributed by atoms with E-state index >= 15 is 0 Å². The Hall–Kier alpha value is -0.830. The molecule has 1 atom stereocenters. The standard InChI is InChI=1S/C14H25N5O.HI/c1-3-15-14(19-8-6-13(20)11-19)16-7-4-5-12-9-17-18(2)10-12;/h9-10,13,20H,3-8,11H2,1-2H3,(H,15,16);1H/t13-;/m1./s1. The van der Waals surface area contributed by atoms with Crippen LogP contribution in [-0.4, -0.2) is 58.0 Å². The number of rotatable bonds is 5. The van der Waals surface area contributed by atoms with Crippen LogP contribution in [0.1, 0.15) is 25.3 Å². The summed E-state index contributed by atoms with van der Waals surface area (Å²) in [5, 5.41) is 17.1. The van der Waals surface area contributed by atoms with Crippen molar-refractivity contribution in [3.63, 3.8) is 0 Å². The van der Waals surface area contributed by atoms with Crippen LogP contribution in [0.2, 0.25) is 0 Å². The highest BCUT2D eigenvalue weighted by molar-refractivity contribution is 14.0. The lowest BCUT2D eigenvalue weighted by molar-refractivity contribution is 0.188. The first-order valence-corrected chi connectivity index (χ1v) is 7.38. The molecule has 7 heteroatoms. The van der Waals surface area contributed by atoms with Crippen molar-refractivity contribution in [2.45, 2.75) is 32.3 Å². The maximum Gasteiger partial charge on any atom is 0.194 e. The Morgan fingerprint density at radius 3 is 2.95 bits per heavy atom. The van der Waals surface area contributed by atoms with E-state index < -0.39 is 0 Å². The average molecular weight is 407 g/mol. The smallest absolute Gasteiger partial charge is 0.194 e. The largest absolute Gasteiger partial charge is 0.391 e. The van der Waals surface area contributed by atoms with E-state index in [-0.39, 0.29) is 30.1 Å². The normalized spacial score (nSPS) is 18.7. The Bertz CT molecular complexity index is 448. The Labute approximate surface area is 143 Å². The second kappa shape index (κ2) is 9.24. The van der Waals surface area contributed by atoms with Crippen LogP contribution in [0, 0.1) is 0 Å². The van der Waals surface area contributed by atoms with Crippen LogP contribution < -0.4 is 5.32 Å². The third kappa shape index (κ3) is 5.82. The molecule has 0 saturated carbocycles. The summed E-state index contributed by atoms with van der Waals surface area (Å²) in [6.45, 7) is 5.29. The van der Waals surface area contributed by atoms with Gasteiger partial charge in [0, 0.05) is 39.4 Å². The topological polar surface area (TPSA) is 65.7 Å². The summed E-state index contributed by atoms with van der Waals surface area (Å²) >= 11 is 0. The molecule has 1 aromatic heterocycles. The number of nitrogens with zero attached hydrogens (tertiary/aromatic N) is 4. The quantitative estimate of drug-likeness (QED) is 0.331. The highest BCUT2D eigenvalue weighted by Gasteiger charge is 2.22. The van der Waals surface area contributed by atoms with Crippen molar-refractivity contribution >= 4 is 29.9 Å². The zero-order chi connectivity index (χ0) is 14.4. The number of aryl methyl sites for hydroxylation is 2. The van der Waals surface area contributed by atoms with Crippen LogP contribution in [-0.2, 0) is 13.5 Å². The maximum absolute atomic E-state index is 9.61. The van der Waals surface area contributed by atoms with E-state index in [2.05, 4.69) is 27.2 Å². The van der Waals surface area contributed by atoms with Crippen LogP contribution in [0.15, 0.2) is 17.4 Å². The Kier molecular flexibility index (Phi) is 8.02. The molecule has 0 amide bonds. The molecule has 0 unspecified atom stereocenters. The summed E-state index contributed by atoms with van der Waals surface area (Å²) in [5.74, 6) is 0.926. The summed E-state index contributed by atoms with van der Waals surface area (Å²) in [5.41, 5.74) is 1.25. The summed E-state index contributed by atoms with van der Waals surface area (Å²) in [7, 11) is 1.93. The molecule has 0 radical (unpaired) electrons. The number of nitrogens with one attached hydrogen (secondary N) is 1. The number of aliphatic hydroxyl groups is 1. The lowest BCUT2D eigenvalue weighted by atomic mass is 10.2. The van der Waals surface area contributed by atoms with Gasteiger partial charge in [-0.05, 0) is 31.7 Å². The number of aliphatic imine (C=N–C) groups is 1. The highest BCUT2D eigenvalue weighted by Crippen LogP contribution is 2.09. The first-order chi connectivity index (χ1) is 9.69. The fourth-order valence-electron chi connectivity index (χ4n) is 2.43. The molecule has 0 bridgehead atoms. The molecule has 1 aliphatic rings. The Morgan fingerprint density at radius 2 is 2.38 bits per heavy atom. The lowest BCUT2D eigenvalue weighted by Crippen LogP contribution is -2.40. The van der Waals surface area contributed by atoms with Crippen LogP contribution in [0.3, 0.4) is 0 Å². The van der Waals surface area contributed by atoms with Crippen molar-refractivity contribution < 1.29 is 5.11 Å². The molecule has 2 heterocycles. The summed E-state index contributed by atoms with van der Waals surface area (Å²) in [6.07, 6.45) is 6.59. The zero-order valence-corrected chi connectivity index (χ0v) is 15.2. The van der Waals surface area contributed by atoms with Crippen LogP contribution >= 0.6 is 24.0 Å². The molecule has 0 aliphatic carbocycles. The number of hydrogen-bond donors (Lipinski definition) is 2. The van der Waals surface area contributed by atoms with Gasteiger partial charge in [-0.3, -0.25) is 9.67 Å². The number of guanidine groups is 1. The van der Waals surface area contributed by atoms with Crippen molar-refractivity contribution in [1.29, 1.82) is 0 Å². The van der Waals surface area contributed by atoms with Gasteiger partial charge in [0.1, 0.15) is 0 Å². The minimum atomic E-state index is -0.214. The minimum absolute atomic E-state index is 0. The predicted octanol–water partition coefficient (Wildman–Crippen LogP) is 1.00. The highest BCUT2D eigenvalue weighted by atomic mass is 127. The molecule has 6 nitrogen and oxygen atoms in total. The molecular weight excluding hydrogens is 381 g/mol. The second-order valence-corrected chi connectivity index (χ2v) is 5.25. The van der Waals surface area contributed by atoms with E-state index in [1.165, 1.54) is 5.56 Å². The van der Waals surface area contributed by atoms with Gasteiger partial charge in [0.15, 0.2) is 5.96 Å². The van der Waals surface area contributed by atoms with E-state index in [1.807, 2.05) is 24.1 Å². The third-order valence-corrected chi connectivity index (χ3v) is 3.44. The van der Waals surface area contributed by atoms with Crippen LogP contribution in [0.5, 0.6) is 0 Å². The minimum Gasteiger partial charge on any atom is -0.391 e. The predicted molar refractivity (Wildman–Crippen MR) is 95.1 cm³/mol. The summed E-state index contributed by atoms with van der Waals surface area (Å²) in [6, 6.07) is 0. The first kappa shape index (κ1) is 18.2. The number of hydrogen-bond acceptors (Lipinski definition) is 3. The summed E-state index contributed by atoms with van der Waals surface area (Å²) < 4.78 is 1.83. The molecule has 1 aromatic rings. The first-order valence-electron chi connectivity index (χ1n) is 7.38. The maximum atomic E-state index is 9.61. The van der Waals surface area contributed by atoms with Gasteiger partial charge in [0.2, 0.25) is 0 Å². The average Bonchev–Trinajstić information content (AvgIpc) is 3.02. The molecule has 1 aliphatic heterocycles. The Morgan fingerprint density at radius 1 is 1.57 bits per heavy atom. The van der Waals surface area contributed by atoms with Crippen molar-refractivity contribution in [3.05, 3.63) is 18.0 Å². The number of β-amino-alcohol motifs (C(OH)–C–C–N with tert-alkyl or cyclic N) is 1. The van der Waals surface area contributed by atoms with Crippen molar-refractivity contribution in [2.75, 3.05) is 26.2 Å². The van der Waals surface area contributed by atoms with Gasteiger partial charge >= 0.3 is 0 Å². The van der Waals surface area contributed by atoms with E-state index in [0.29, 0.717) is 6.54 Å². The number of halogens is 1. The third-order valence-electron chi connectivity index (χ3n) is 3.44. The van der Waals surface area contributed by atoms with Gasteiger partial charge < -0.3 is 15.3 Å². The fourth-order valence-corrected chi connectivity index (χ4v) is 2.43. The molecule has 0 aromatic carbocycles. The van der Waals surface area contributed by atoms with Gasteiger partial charge in [-0.25, -0.2) is 0 Å². The molecular formula is C14H26IN5O. The Balaban J connectivity index is 0.00000220. The number of aliphatic hydroxyl groups excluding tert-OH is 1. The lowest BCUT2D eigenvalue weighted by Gasteiger charge is -2.20. The van der Waals surface area contributed by atoms with Gasteiger partial charge in [-0.2, -0.15) is 5.10 Å². The molecule has 120 valence electrons. The van der Waals surface area contributed by atoms with E-state index in [0.717, 1.165) is 44.9 Å². The monoisotopic (exact) mass is 407 g/mol. The fraction of sp³-hybridized carbons (Fsp3) is 0.714. The van der Waals surface area contributed by atoms with Gasteiger partial charge in [-0.1, -0.05) is 0 Å². The molecule has 21 heavy (non-hydrogen) atoms. The SMILES string of the molecule is CCNC(=NCCCc1cnn(C)c1)N1CC[C@@H](O)C1.I. The van der Waals surface area contributed by atoms with Gasteiger partial charge in [0.05, 0.1) is 12.3 Å². The van der Waals surface area contributed by atoms with Crippen molar-refractivity contribution in [1.82, 2.24) is 20.0 Å². The van der Waals surface area contributed by atoms with Crippen molar-refractivity contribution in [3.8, 4) is 0 Å². The summed E-state index contributed by atoms with van der Waals surface area (Å²) in [4.78, 5) is 6.78. The van der Waals surface area contributed by atoms with Gasteiger partial charge in [-0.15, -0.1) is 24.0 Å². The number of likely N-dealkylation sites (tertiary alicyclic amines) is 1. The molecule has 1 saturated heterocycles. The molecule has 2 rings (SSSR count). The molecule has 0 spiro atoms. The van der Waals surface area contributed by atoms with E-state index in [4.69, 9.17) is 0 Å². The van der Waals surface area contributed by atoms with Crippen LogP contribution in [0.4, 0.5) is 0 Å². The zero-order valence-electron chi connectivity index (χ0n) is 12.8. The molecule has 2 N–H and O–H groups in total. The van der Waals surface area contributed by atoms with Crippen LogP contribution in [0.25, 0.3) is 0 Å². The van der Waals surface area contributed by atoms with Gasteiger partial charge in [0.25, 0.3) is 0 Å². The van der Waals surface area contributed by atoms with E-state index in [1.54, 1.807) is 0 Å². The van der Waals surface area contributed by atoms with Crippen molar-refractivity contribution in [2.24, 2.45) is 12.0 Å². The van der Waals surface area contributed by atoms with E-state index in [9.17, 15) is 5.11 Å². The second-order valence-electron chi connectivity index (χ2n) is 5.25. The number of aromatic nitrogens is 2. The molecule has 1 fully saturated rings.